The Hall–Kier alpha value is -0.550. The fraction of sp³-hybridized carbons (Fsp3) is 0.818. The van der Waals surface area contributed by atoms with E-state index in [0.717, 1.165) is 31.1 Å². The molecule has 3 heterocycles. The zero-order chi connectivity index (χ0) is 10.8. The lowest BCUT2D eigenvalue weighted by atomic mass is 10.2. The smallest absolute Gasteiger partial charge is 0.227 e. The minimum atomic E-state index is 0.328. The Morgan fingerprint density at radius 1 is 1.38 bits per heavy atom. The number of thioether (sulfide) groups is 1. The second-order valence-corrected chi connectivity index (χ2v) is 5.94. The minimum absolute atomic E-state index is 0.328. The Kier molecular flexibility index (Phi) is 3.15. The normalized spacial score (nSPS) is 30.0. The molecule has 2 fully saturated rings. The van der Waals surface area contributed by atoms with Crippen molar-refractivity contribution in [2.75, 3.05) is 12.3 Å². The van der Waals surface area contributed by atoms with E-state index in [-0.39, 0.29) is 0 Å². The maximum atomic E-state index is 5.32. The molecule has 0 aliphatic carbocycles. The average molecular weight is 239 g/mol. The van der Waals surface area contributed by atoms with E-state index in [1.54, 1.807) is 0 Å². The van der Waals surface area contributed by atoms with E-state index in [1.165, 1.54) is 25.0 Å². The van der Waals surface area contributed by atoms with Gasteiger partial charge >= 0.3 is 0 Å². The highest BCUT2D eigenvalue weighted by Crippen LogP contribution is 2.29. The summed E-state index contributed by atoms with van der Waals surface area (Å²) in [4.78, 5) is 4.50. The van der Waals surface area contributed by atoms with Crippen LogP contribution in [-0.2, 0) is 6.42 Å². The maximum Gasteiger partial charge on any atom is 0.227 e. The van der Waals surface area contributed by atoms with Gasteiger partial charge in [-0.2, -0.15) is 16.7 Å². The Balaban J connectivity index is 1.62. The van der Waals surface area contributed by atoms with Crippen LogP contribution in [0.3, 0.4) is 0 Å². The molecule has 88 valence electrons. The van der Waals surface area contributed by atoms with E-state index < -0.39 is 0 Å². The molecule has 0 bridgehead atoms. The van der Waals surface area contributed by atoms with Crippen LogP contribution in [-0.4, -0.2) is 27.7 Å². The SMILES string of the molecule is C1CSC(Cc2nc(C3CCCN3)no2)C1. The van der Waals surface area contributed by atoms with Crippen LogP contribution in [0.5, 0.6) is 0 Å². The first-order chi connectivity index (χ1) is 7.92. The van der Waals surface area contributed by atoms with E-state index >= 15 is 0 Å². The van der Waals surface area contributed by atoms with Crippen LogP contribution in [0.25, 0.3) is 0 Å². The molecule has 0 amide bonds. The average Bonchev–Trinajstić information content (AvgIpc) is 2.99. The highest BCUT2D eigenvalue weighted by molar-refractivity contribution is 8.00. The zero-order valence-corrected chi connectivity index (χ0v) is 10.1. The van der Waals surface area contributed by atoms with E-state index in [4.69, 9.17) is 4.52 Å². The summed E-state index contributed by atoms with van der Waals surface area (Å²) in [5.41, 5.74) is 0. The first-order valence-corrected chi connectivity index (χ1v) is 7.14. The van der Waals surface area contributed by atoms with Crippen molar-refractivity contribution < 1.29 is 4.52 Å². The number of rotatable bonds is 3. The Morgan fingerprint density at radius 2 is 2.38 bits per heavy atom. The number of nitrogens with one attached hydrogen (secondary N) is 1. The molecule has 1 aromatic heterocycles. The molecule has 0 radical (unpaired) electrons. The summed E-state index contributed by atoms with van der Waals surface area (Å²) in [6.45, 7) is 1.08. The topological polar surface area (TPSA) is 51.0 Å². The maximum absolute atomic E-state index is 5.32. The summed E-state index contributed by atoms with van der Waals surface area (Å²) >= 11 is 2.04. The molecule has 2 atom stereocenters. The molecule has 2 saturated heterocycles. The van der Waals surface area contributed by atoms with Crippen LogP contribution in [0, 0.1) is 0 Å². The number of nitrogens with zero attached hydrogens (tertiary/aromatic N) is 2. The summed E-state index contributed by atoms with van der Waals surface area (Å²) in [6, 6.07) is 0.328. The van der Waals surface area contributed by atoms with Crippen LogP contribution >= 0.6 is 11.8 Å². The summed E-state index contributed by atoms with van der Waals surface area (Å²) in [5, 5.41) is 8.17. The van der Waals surface area contributed by atoms with Crippen molar-refractivity contribution >= 4 is 11.8 Å². The second kappa shape index (κ2) is 4.75. The third kappa shape index (κ3) is 2.25. The molecule has 0 aromatic carbocycles. The molecular weight excluding hydrogens is 222 g/mol. The standard InChI is InChI=1S/C11H17N3OS/c1-4-9(12-5-1)11-13-10(15-14-11)7-8-3-2-6-16-8/h8-9,12H,1-7H2. The molecule has 1 aromatic rings. The molecule has 2 aliphatic heterocycles. The predicted octanol–water partition coefficient (Wildman–Crippen LogP) is 1.93. The van der Waals surface area contributed by atoms with Crippen LogP contribution in [0.4, 0.5) is 0 Å². The molecule has 16 heavy (non-hydrogen) atoms. The van der Waals surface area contributed by atoms with Gasteiger partial charge in [-0.1, -0.05) is 5.16 Å². The largest absolute Gasteiger partial charge is 0.339 e. The van der Waals surface area contributed by atoms with E-state index in [1.807, 2.05) is 11.8 Å². The van der Waals surface area contributed by atoms with Gasteiger partial charge in [-0.25, -0.2) is 0 Å². The quantitative estimate of drug-likeness (QED) is 0.873. The third-order valence-electron chi connectivity index (χ3n) is 3.28. The van der Waals surface area contributed by atoms with E-state index in [9.17, 15) is 0 Å². The fourth-order valence-corrected chi connectivity index (χ4v) is 3.66. The molecule has 2 unspecified atom stereocenters. The molecule has 2 aliphatic rings. The first-order valence-electron chi connectivity index (χ1n) is 6.09. The highest BCUT2D eigenvalue weighted by Gasteiger charge is 2.23. The first kappa shape index (κ1) is 10.6. The Labute approximate surface area is 99.6 Å². The molecule has 1 N–H and O–H groups in total. The van der Waals surface area contributed by atoms with Gasteiger partial charge in [0.25, 0.3) is 0 Å². The lowest BCUT2D eigenvalue weighted by Gasteiger charge is -2.03. The van der Waals surface area contributed by atoms with Crippen molar-refractivity contribution in [3.8, 4) is 0 Å². The van der Waals surface area contributed by atoms with Gasteiger partial charge in [0, 0.05) is 11.7 Å². The van der Waals surface area contributed by atoms with E-state index in [0.29, 0.717) is 11.3 Å². The summed E-state index contributed by atoms with van der Waals surface area (Å²) in [5.74, 6) is 2.97. The Bertz CT molecular complexity index is 343. The van der Waals surface area contributed by atoms with Gasteiger partial charge in [0.2, 0.25) is 5.89 Å². The van der Waals surface area contributed by atoms with Gasteiger partial charge in [-0.3, -0.25) is 0 Å². The van der Waals surface area contributed by atoms with Crippen molar-refractivity contribution in [2.45, 2.75) is 43.4 Å². The monoisotopic (exact) mass is 239 g/mol. The molecule has 4 nitrogen and oxygen atoms in total. The molecular formula is C11H17N3OS. The van der Waals surface area contributed by atoms with Gasteiger partial charge in [-0.05, 0) is 38.0 Å². The Morgan fingerprint density at radius 3 is 3.12 bits per heavy atom. The van der Waals surface area contributed by atoms with E-state index in [2.05, 4.69) is 15.5 Å². The summed E-state index contributed by atoms with van der Waals surface area (Å²) in [6.07, 6.45) is 5.93. The minimum Gasteiger partial charge on any atom is -0.339 e. The van der Waals surface area contributed by atoms with Gasteiger partial charge in [0.05, 0.1) is 6.04 Å². The van der Waals surface area contributed by atoms with Gasteiger partial charge in [0.1, 0.15) is 0 Å². The fourth-order valence-electron chi connectivity index (χ4n) is 2.40. The molecule has 0 saturated carbocycles. The van der Waals surface area contributed by atoms with Gasteiger partial charge in [-0.15, -0.1) is 0 Å². The van der Waals surface area contributed by atoms with Crippen LogP contribution in [0.1, 0.15) is 43.4 Å². The van der Waals surface area contributed by atoms with Gasteiger partial charge in [0.15, 0.2) is 5.82 Å². The second-order valence-electron chi connectivity index (χ2n) is 4.53. The number of hydrogen-bond donors (Lipinski definition) is 1. The van der Waals surface area contributed by atoms with Crippen molar-refractivity contribution in [3.63, 3.8) is 0 Å². The number of aromatic nitrogens is 2. The van der Waals surface area contributed by atoms with Crippen molar-refractivity contribution in [3.05, 3.63) is 11.7 Å². The van der Waals surface area contributed by atoms with Crippen molar-refractivity contribution in [1.29, 1.82) is 0 Å². The lowest BCUT2D eigenvalue weighted by molar-refractivity contribution is 0.366. The summed E-state index contributed by atoms with van der Waals surface area (Å²) < 4.78 is 5.32. The molecule has 5 heteroatoms. The van der Waals surface area contributed by atoms with Crippen LogP contribution < -0.4 is 5.32 Å². The summed E-state index contributed by atoms with van der Waals surface area (Å²) in [7, 11) is 0. The van der Waals surface area contributed by atoms with Gasteiger partial charge < -0.3 is 9.84 Å². The van der Waals surface area contributed by atoms with Crippen molar-refractivity contribution in [1.82, 2.24) is 15.5 Å². The lowest BCUT2D eigenvalue weighted by Crippen LogP contribution is -2.14. The van der Waals surface area contributed by atoms with Crippen LogP contribution in [0.15, 0.2) is 4.52 Å². The third-order valence-corrected chi connectivity index (χ3v) is 4.68. The van der Waals surface area contributed by atoms with Crippen molar-refractivity contribution in [2.24, 2.45) is 0 Å². The van der Waals surface area contributed by atoms with Crippen LogP contribution in [0.2, 0.25) is 0 Å². The molecule has 3 rings (SSSR count). The zero-order valence-electron chi connectivity index (χ0n) is 9.32. The molecule has 0 spiro atoms. The highest BCUT2D eigenvalue weighted by atomic mass is 32.2. The number of hydrogen-bond acceptors (Lipinski definition) is 5. The predicted molar refractivity (Wildman–Crippen MR) is 63.5 cm³/mol.